The van der Waals surface area contributed by atoms with Gasteiger partial charge in [0, 0.05) is 54.8 Å². The molecule has 0 saturated heterocycles. The smallest absolute Gasteiger partial charge is 0.143 e. The summed E-state index contributed by atoms with van der Waals surface area (Å²) in [6, 6.07) is 53.1. The number of para-hydroxylation sites is 1. The molecule has 0 aliphatic heterocycles. The first-order valence-corrected chi connectivity index (χ1v) is 16.2. The van der Waals surface area contributed by atoms with Crippen LogP contribution >= 0.6 is 0 Å². The Morgan fingerprint density at radius 3 is 1.58 bits per heavy atom. The second-order valence-corrected chi connectivity index (χ2v) is 12.5. The van der Waals surface area contributed by atoms with Crippen LogP contribution in [0.4, 0.5) is 17.1 Å². The highest BCUT2D eigenvalue weighted by Crippen LogP contribution is 2.44. The summed E-state index contributed by atoms with van der Waals surface area (Å²) in [4.78, 5) is 2.32. The molecule has 0 unspecified atom stereocenters. The fourth-order valence-corrected chi connectivity index (χ4v) is 7.61. The lowest BCUT2D eigenvalue weighted by Gasteiger charge is -2.25. The molecular formula is C44H25NO3. The van der Waals surface area contributed by atoms with E-state index in [-0.39, 0.29) is 0 Å². The maximum absolute atomic E-state index is 6.50. The third-order valence-corrected chi connectivity index (χ3v) is 9.82. The third-order valence-electron chi connectivity index (χ3n) is 9.82. The van der Waals surface area contributed by atoms with Crippen molar-refractivity contribution in [3.8, 4) is 0 Å². The molecular weight excluding hydrogens is 590 g/mol. The molecule has 0 aliphatic carbocycles. The van der Waals surface area contributed by atoms with Crippen molar-refractivity contribution in [2.45, 2.75) is 0 Å². The Balaban J connectivity index is 1.19. The quantitative estimate of drug-likeness (QED) is 0.198. The summed E-state index contributed by atoms with van der Waals surface area (Å²) in [5.41, 5.74) is 8.37. The average molecular weight is 616 g/mol. The fraction of sp³-hybridized carbons (Fsp3) is 0. The third kappa shape index (κ3) is 3.60. The van der Waals surface area contributed by atoms with Crippen molar-refractivity contribution in [2.75, 3.05) is 4.90 Å². The van der Waals surface area contributed by atoms with Crippen LogP contribution in [0.25, 0.3) is 87.4 Å². The molecule has 4 heteroatoms. The van der Waals surface area contributed by atoms with Crippen molar-refractivity contribution in [3.05, 3.63) is 152 Å². The SMILES string of the molecule is c1ccc2c(c1)ccc1c3cc(N(c4ccc5oc6ccccc6c5c4)c4ccc5oc6ccc7ccccc7c6c5c4)ccc3oc21. The first kappa shape index (κ1) is 25.6. The lowest BCUT2D eigenvalue weighted by molar-refractivity contribution is 0.669. The molecule has 0 radical (unpaired) electrons. The Bertz CT molecular complexity index is 3090. The van der Waals surface area contributed by atoms with Crippen LogP contribution in [0.1, 0.15) is 0 Å². The zero-order valence-corrected chi connectivity index (χ0v) is 25.6. The molecule has 48 heavy (non-hydrogen) atoms. The zero-order valence-electron chi connectivity index (χ0n) is 25.6. The van der Waals surface area contributed by atoms with Crippen molar-refractivity contribution in [2.24, 2.45) is 0 Å². The van der Waals surface area contributed by atoms with E-state index in [0.717, 1.165) is 88.3 Å². The van der Waals surface area contributed by atoms with Crippen molar-refractivity contribution >= 4 is 104 Å². The van der Waals surface area contributed by atoms with Crippen LogP contribution in [0.15, 0.2) is 165 Å². The average Bonchev–Trinajstić information content (AvgIpc) is 3.83. The number of hydrogen-bond acceptors (Lipinski definition) is 4. The molecule has 3 aromatic heterocycles. The monoisotopic (exact) mass is 615 g/mol. The van der Waals surface area contributed by atoms with Gasteiger partial charge in [0.25, 0.3) is 0 Å². The van der Waals surface area contributed by atoms with Gasteiger partial charge in [-0.05, 0) is 89.0 Å². The summed E-state index contributed by atoms with van der Waals surface area (Å²) in [5, 5.41) is 11.2. The largest absolute Gasteiger partial charge is 0.456 e. The second-order valence-electron chi connectivity index (χ2n) is 12.5. The lowest BCUT2D eigenvalue weighted by atomic mass is 10.0. The number of nitrogens with zero attached hydrogens (tertiary/aromatic N) is 1. The minimum absolute atomic E-state index is 0.865. The van der Waals surface area contributed by atoms with E-state index in [4.69, 9.17) is 13.3 Å². The standard InChI is InChI=1S/C44H25NO3/c1-3-9-31-26(7-1)14-19-42-43(31)37-25-30(17-22-41(37)47-42)45(28-15-20-39-35(23-28)33-11-5-6-12-38(33)46-39)29-16-21-40-36(24-29)34-18-13-27-8-2-4-10-32(27)44(34)48-40/h1-25H. The van der Waals surface area contributed by atoms with Gasteiger partial charge in [-0.3, -0.25) is 0 Å². The minimum atomic E-state index is 0.865. The molecule has 11 rings (SSSR count). The minimum Gasteiger partial charge on any atom is -0.456 e. The van der Waals surface area contributed by atoms with Gasteiger partial charge in [0.15, 0.2) is 0 Å². The maximum atomic E-state index is 6.50. The van der Waals surface area contributed by atoms with Gasteiger partial charge in [0.05, 0.1) is 0 Å². The van der Waals surface area contributed by atoms with Crippen molar-refractivity contribution in [1.82, 2.24) is 0 Å². The van der Waals surface area contributed by atoms with Crippen LogP contribution in [-0.2, 0) is 0 Å². The zero-order chi connectivity index (χ0) is 31.3. The molecule has 11 aromatic rings. The van der Waals surface area contributed by atoms with Crippen molar-refractivity contribution in [3.63, 3.8) is 0 Å². The van der Waals surface area contributed by atoms with Crippen LogP contribution in [0.5, 0.6) is 0 Å². The highest BCUT2D eigenvalue weighted by atomic mass is 16.3. The van der Waals surface area contributed by atoms with Crippen LogP contribution in [-0.4, -0.2) is 0 Å². The molecule has 0 fully saturated rings. The molecule has 0 aliphatic rings. The molecule has 0 N–H and O–H groups in total. The van der Waals surface area contributed by atoms with Gasteiger partial charge in [0.1, 0.15) is 33.5 Å². The highest BCUT2D eigenvalue weighted by molar-refractivity contribution is 6.20. The Hall–Kier alpha value is -6.52. The van der Waals surface area contributed by atoms with Crippen LogP contribution < -0.4 is 4.90 Å². The van der Waals surface area contributed by atoms with Crippen molar-refractivity contribution in [1.29, 1.82) is 0 Å². The Kier molecular flexibility index (Phi) is 5.08. The number of hydrogen-bond donors (Lipinski definition) is 0. The van der Waals surface area contributed by atoms with Gasteiger partial charge in [-0.1, -0.05) is 78.9 Å². The lowest BCUT2D eigenvalue weighted by Crippen LogP contribution is -2.09. The van der Waals surface area contributed by atoms with E-state index in [9.17, 15) is 0 Å². The number of fused-ring (bicyclic) bond motifs is 13. The molecule has 0 saturated carbocycles. The molecule has 4 nitrogen and oxygen atoms in total. The van der Waals surface area contributed by atoms with E-state index >= 15 is 0 Å². The first-order valence-electron chi connectivity index (χ1n) is 16.2. The van der Waals surface area contributed by atoms with E-state index in [1.165, 1.54) is 16.2 Å². The van der Waals surface area contributed by atoms with Gasteiger partial charge < -0.3 is 18.2 Å². The van der Waals surface area contributed by atoms with Gasteiger partial charge in [-0.25, -0.2) is 0 Å². The predicted molar refractivity (Wildman–Crippen MR) is 198 cm³/mol. The van der Waals surface area contributed by atoms with E-state index < -0.39 is 0 Å². The number of furan rings is 3. The summed E-state index contributed by atoms with van der Waals surface area (Å²) in [7, 11) is 0. The highest BCUT2D eigenvalue weighted by Gasteiger charge is 2.20. The van der Waals surface area contributed by atoms with Gasteiger partial charge in [-0.2, -0.15) is 0 Å². The molecule has 0 spiro atoms. The van der Waals surface area contributed by atoms with E-state index in [1.807, 2.05) is 12.1 Å². The normalized spacial score (nSPS) is 12.2. The molecule has 8 aromatic carbocycles. The summed E-state index contributed by atoms with van der Waals surface area (Å²) in [6.07, 6.45) is 0. The van der Waals surface area contributed by atoms with Crippen LogP contribution in [0.3, 0.4) is 0 Å². The maximum Gasteiger partial charge on any atom is 0.143 e. The number of anilines is 3. The van der Waals surface area contributed by atoms with E-state index in [1.54, 1.807) is 0 Å². The Morgan fingerprint density at radius 2 is 0.812 bits per heavy atom. The van der Waals surface area contributed by atoms with Crippen LogP contribution in [0.2, 0.25) is 0 Å². The van der Waals surface area contributed by atoms with Gasteiger partial charge >= 0.3 is 0 Å². The molecule has 3 heterocycles. The van der Waals surface area contributed by atoms with Gasteiger partial charge in [-0.15, -0.1) is 0 Å². The number of rotatable bonds is 3. The fourth-order valence-electron chi connectivity index (χ4n) is 7.61. The Labute approximate surface area is 273 Å². The summed E-state index contributed by atoms with van der Waals surface area (Å²) >= 11 is 0. The summed E-state index contributed by atoms with van der Waals surface area (Å²) in [5.74, 6) is 0. The topological polar surface area (TPSA) is 42.7 Å². The molecule has 0 amide bonds. The molecule has 0 bridgehead atoms. The summed E-state index contributed by atoms with van der Waals surface area (Å²) in [6.45, 7) is 0. The van der Waals surface area contributed by atoms with E-state index in [2.05, 4.69) is 144 Å². The molecule has 224 valence electrons. The van der Waals surface area contributed by atoms with E-state index in [0.29, 0.717) is 0 Å². The van der Waals surface area contributed by atoms with Crippen molar-refractivity contribution < 1.29 is 13.3 Å². The van der Waals surface area contributed by atoms with Gasteiger partial charge in [0.2, 0.25) is 0 Å². The van der Waals surface area contributed by atoms with Crippen LogP contribution in [0, 0.1) is 0 Å². The Morgan fingerprint density at radius 1 is 0.312 bits per heavy atom. The second kappa shape index (κ2) is 9.50. The predicted octanol–water partition coefficient (Wildman–Crippen LogP) is 13.2. The molecule has 0 atom stereocenters. The first-order chi connectivity index (χ1) is 23.8. The summed E-state index contributed by atoms with van der Waals surface area (Å²) < 4.78 is 19.1. The number of benzene rings is 8.